The number of methoxy groups -OCH3 is 1. The molecule has 2 aromatic heterocycles. The van der Waals surface area contributed by atoms with Crippen LogP contribution >= 0.6 is 11.3 Å². The summed E-state index contributed by atoms with van der Waals surface area (Å²) in [6.45, 7) is 3.76. The number of hydrogen-bond acceptors (Lipinski definition) is 5. The molecule has 0 radical (unpaired) electrons. The smallest absolute Gasteiger partial charge is 0.337 e. The molecule has 31 heavy (non-hydrogen) atoms. The summed E-state index contributed by atoms with van der Waals surface area (Å²) in [4.78, 5) is 11.9. The molecule has 0 amide bonds. The standard InChI is InChI=1S/C23H20FN3O3S/c1-13-6-4-5-7-20(13)27-22(21(14(2)26-27)17-11-31-12-18(17)24)25-19-9-8-15(30-3)10-16(19)23(28)29/h4-12,25H,1-3H3,(H,28,29). The van der Waals surface area contributed by atoms with Gasteiger partial charge in [0.25, 0.3) is 0 Å². The van der Waals surface area contributed by atoms with Crippen LogP contribution in [0.3, 0.4) is 0 Å². The Kier molecular flexibility index (Phi) is 5.48. The van der Waals surface area contributed by atoms with Gasteiger partial charge < -0.3 is 15.2 Å². The quantitative estimate of drug-likeness (QED) is 0.398. The Balaban J connectivity index is 1.96. The van der Waals surface area contributed by atoms with Crippen LogP contribution in [-0.4, -0.2) is 28.0 Å². The van der Waals surface area contributed by atoms with E-state index in [4.69, 9.17) is 4.74 Å². The summed E-state index contributed by atoms with van der Waals surface area (Å²) in [6, 6.07) is 12.4. The number of carboxylic acids is 1. The second-order valence-electron chi connectivity index (χ2n) is 6.98. The molecule has 2 heterocycles. The van der Waals surface area contributed by atoms with Gasteiger partial charge in [0.1, 0.15) is 17.4 Å². The molecule has 2 aromatic carbocycles. The van der Waals surface area contributed by atoms with Crippen molar-refractivity contribution < 1.29 is 19.0 Å². The number of thiophene rings is 1. The van der Waals surface area contributed by atoms with Gasteiger partial charge in [0.05, 0.1) is 35.3 Å². The Bertz CT molecular complexity index is 1280. The molecule has 0 fully saturated rings. The molecule has 4 aromatic rings. The van der Waals surface area contributed by atoms with E-state index in [1.807, 2.05) is 31.2 Å². The summed E-state index contributed by atoms with van der Waals surface area (Å²) in [7, 11) is 1.47. The van der Waals surface area contributed by atoms with Gasteiger partial charge in [-0.1, -0.05) is 18.2 Å². The van der Waals surface area contributed by atoms with Gasteiger partial charge in [0, 0.05) is 16.3 Å². The summed E-state index contributed by atoms with van der Waals surface area (Å²) >= 11 is 1.26. The lowest BCUT2D eigenvalue weighted by atomic mass is 10.1. The normalized spacial score (nSPS) is 10.8. The summed E-state index contributed by atoms with van der Waals surface area (Å²) in [5.74, 6) is -0.551. The summed E-state index contributed by atoms with van der Waals surface area (Å²) in [5.41, 5.74) is 3.77. The lowest BCUT2D eigenvalue weighted by molar-refractivity contribution is 0.0697. The number of hydrogen-bond donors (Lipinski definition) is 2. The molecule has 0 aliphatic rings. The number of benzene rings is 2. The number of anilines is 2. The van der Waals surface area contributed by atoms with Crippen molar-refractivity contribution in [1.82, 2.24) is 9.78 Å². The number of para-hydroxylation sites is 1. The second-order valence-corrected chi connectivity index (χ2v) is 7.73. The Labute approximate surface area is 182 Å². The Morgan fingerprint density at radius 3 is 2.61 bits per heavy atom. The Hall–Kier alpha value is -3.65. The van der Waals surface area contributed by atoms with Crippen molar-refractivity contribution in [2.24, 2.45) is 0 Å². The van der Waals surface area contributed by atoms with Gasteiger partial charge in [0.15, 0.2) is 0 Å². The molecule has 0 aliphatic carbocycles. The number of aryl methyl sites for hydroxylation is 2. The summed E-state index contributed by atoms with van der Waals surface area (Å²) < 4.78 is 21.4. The molecule has 158 valence electrons. The predicted octanol–water partition coefficient (Wildman–Crippen LogP) is 5.81. The minimum absolute atomic E-state index is 0.0336. The van der Waals surface area contributed by atoms with E-state index in [2.05, 4.69) is 10.4 Å². The van der Waals surface area contributed by atoms with E-state index in [-0.39, 0.29) is 11.4 Å². The average Bonchev–Trinajstić information content (AvgIpc) is 3.30. The molecular formula is C23H20FN3O3S. The number of nitrogens with zero attached hydrogens (tertiary/aromatic N) is 2. The topological polar surface area (TPSA) is 76.4 Å². The summed E-state index contributed by atoms with van der Waals surface area (Å²) in [5, 5.41) is 20.7. The lowest BCUT2D eigenvalue weighted by Gasteiger charge is -2.16. The molecule has 0 atom stereocenters. The van der Waals surface area contributed by atoms with Crippen molar-refractivity contribution in [3.8, 4) is 22.6 Å². The zero-order valence-electron chi connectivity index (χ0n) is 17.1. The van der Waals surface area contributed by atoms with Crippen LogP contribution in [0.4, 0.5) is 15.9 Å². The van der Waals surface area contributed by atoms with Crippen LogP contribution in [0.5, 0.6) is 5.75 Å². The number of carbonyl (C=O) groups is 1. The fourth-order valence-corrected chi connectivity index (χ4v) is 4.15. The van der Waals surface area contributed by atoms with Crippen LogP contribution in [0.2, 0.25) is 0 Å². The van der Waals surface area contributed by atoms with E-state index in [0.29, 0.717) is 34.1 Å². The van der Waals surface area contributed by atoms with Gasteiger partial charge in [-0.3, -0.25) is 0 Å². The maximum atomic E-state index is 14.6. The van der Waals surface area contributed by atoms with Gasteiger partial charge in [-0.15, -0.1) is 11.3 Å². The van der Waals surface area contributed by atoms with Crippen LogP contribution < -0.4 is 10.1 Å². The largest absolute Gasteiger partial charge is 0.497 e. The van der Waals surface area contributed by atoms with E-state index in [0.717, 1.165) is 11.3 Å². The lowest BCUT2D eigenvalue weighted by Crippen LogP contribution is -2.08. The van der Waals surface area contributed by atoms with E-state index >= 15 is 0 Å². The Morgan fingerprint density at radius 1 is 1.19 bits per heavy atom. The zero-order valence-corrected chi connectivity index (χ0v) is 18.0. The molecule has 4 rings (SSSR count). The molecule has 2 N–H and O–H groups in total. The molecular weight excluding hydrogens is 417 g/mol. The zero-order chi connectivity index (χ0) is 22.1. The highest BCUT2D eigenvalue weighted by Gasteiger charge is 2.23. The molecule has 0 bridgehead atoms. The van der Waals surface area contributed by atoms with Crippen LogP contribution in [0.1, 0.15) is 21.6 Å². The number of aromatic nitrogens is 2. The third-order valence-electron chi connectivity index (χ3n) is 5.00. The third-order valence-corrected chi connectivity index (χ3v) is 5.71. The van der Waals surface area contributed by atoms with E-state index in [1.54, 1.807) is 29.1 Å². The van der Waals surface area contributed by atoms with Gasteiger partial charge in [0.2, 0.25) is 0 Å². The number of rotatable bonds is 6. The van der Waals surface area contributed by atoms with Crippen molar-refractivity contribution in [3.05, 3.63) is 75.9 Å². The first kappa shape index (κ1) is 20.6. The van der Waals surface area contributed by atoms with Crippen molar-refractivity contribution in [3.63, 3.8) is 0 Å². The number of nitrogens with one attached hydrogen (secondary N) is 1. The van der Waals surface area contributed by atoms with Crippen LogP contribution in [-0.2, 0) is 0 Å². The number of ether oxygens (including phenoxy) is 1. The second kappa shape index (κ2) is 8.23. The van der Waals surface area contributed by atoms with Crippen LogP contribution in [0.15, 0.2) is 53.2 Å². The third kappa shape index (κ3) is 3.77. The minimum atomic E-state index is -1.11. The molecule has 0 saturated carbocycles. The first-order valence-corrected chi connectivity index (χ1v) is 10.4. The maximum Gasteiger partial charge on any atom is 0.337 e. The van der Waals surface area contributed by atoms with Crippen molar-refractivity contribution in [2.45, 2.75) is 13.8 Å². The van der Waals surface area contributed by atoms with Crippen LogP contribution in [0, 0.1) is 19.7 Å². The van der Waals surface area contributed by atoms with Crippen molar-refractivity contribution >= 4 is 28.8 Å². The average molecular weight is 437 g/mol. The highest BCUT2D eigenvalue weighted by atomic mass is 32.1. The fraction of sp³-hybridized carbons (Fsp3) is 0.130. The predicted molar refractivity (Wildman–Crippen MR) is 120 cm³/mol. The van der Waals surface area contributed by atoms with E-state index in [9.17, 15) is 14.3 Å². The minimum Gasteiger partial charge on any atom is -0.497 e. The SMILES string of the molecule is COc1ccc(Nc2c(-c3cscc3F)c(C)nn2-c2ccccc2C)c(C(=O)O)c1. The van der Waals surface area contributed by atoms with Gasteiger partial charge >= 0.3 is 5.97 Å². The molecule has 0 aliphatic heterocycles. The molecule has 6 nitrogen and oxygen atoms in total. The van der Waals surface area contributed by atoms with E-state index in [1.165, 1.54) is 29.9 Å². The highest BCUT2D eigenvalue weighted by Crippen LogP contribution is 2.39. The molecule has 0 spiro atoms. The van der Waals surface area contributed by atoms with Crippen molar-refractivity contribution in [2.75, 3.05) is 12.4 Å². The van der Waals surface area contributed by atoms with Crippen molar-refractivity contribution in [1.29, 1.82) is 0 Å². The van der Waals surface area contributed by atoms with Gasteiger partial charge in [-0.05, 0) is 43.7 Å². The maximum absolute atomic E-state index is 14.6. The summed E-state index contributed by atoms with van der Waals surface area (Å²) in [6.07, 6.45) is 0. The number of aromatic carboxylic acids is 1. The molecule has 0 saturated heterocycles. The first-order chi connectivity index (χ1) is 14.9. The first-order valence-electron chi connectivity index (χ1n) is 9.46. The molecule has 8 heteroatoms. The number of carboxylic acid groups (broad SMARTS) is 1. The Morgan fingerprint density at radius 2 is 1.97 bits per heavy atom. The monoisotopic (exact) mass is 437 g/mol. The number of halogens is 1. The van der Waals surface area contributed by atoms with Gasteiger partial charge in [-0.2, -0.15) is 5.10 Å². The van der Waals surface area contributed by atoms with Gasteiger partial charge in [-0.25, -0.2) is 13.9 Å². The van der Waals surface area contributed by atoms with Crippen LogP contribution in [0.25, 0.3) is 16.8 Å². The highest BCUT2D eigenvalue weighted by molar-refractivity contribution is 7.08. The molecule has 0 unspecified atom stereocenters. The van der Waals surface area contributed by atoms with E-state index < -0.39 is 5.97 Å². The fourth-order valence-electron chi connectivity index (χ4n) is 3.46.